The Morgan fingerprint density at radius 2 is 1.96 bits per heavy atom. The van der Waals surface area contributed by atoms with Gasteiger partial charge in [0.1, 0.15) is 30.7 Å². The first kappa shape index (κ1) is 31.9. The highest BCUT2D eigenvalue weighted by molar-refractivity contribution is 8.00. The molecule has 5 N–H and O–H groups in total. The van der Waals surface area contributed by atoms with E-state index in [0.29, 0.717) is 6.42 Å². The monoisotopic (exact) mass is 679 g/mol. The van der Waals surface area contributed by atoms with E-state index in [9.17, 15) is 31.8 Å². The molecule has 3 fully saturated rings. The second-order valence-corrected chi connectivity index (χ2v) is 13.6. The van der Waals surface area contributed by atoms with Crippen LogP contribution in [0.4, 0.5) is 14.5 Å². The first-order valence-corrected chi connectivity index (χ1v) is 16.8. The molecule has 0 aliphatic carbocycles. The third-order valence-electron chi connectivity index (χ3n) is 8.05. The van der Waals surface area contributed by atoms with Crippen LogP contribution in [0.5, 0.6) is 0 Å². The first-order chi connectivity index (χ1) is 22.0. The molecule has 3 aromatic rings. The van der Waals surface area contributed by atoms with Crippen molar-refractivity contribution < 1.29 is 46.0 Å². The molecule has 3 saturated heterocycles. The van der Waals surface area contributed by atoms with Gasteiger partial charge >= 0.3 is 28.2 Å². The highest BCUT2D eigenvalue weighted by Gasteiger charge is 2.48. The molecular formula is C27H30FN7O9S2. The molecule has 0 spiro atoms. The minimum atomic E-state index is -4.94. The number of hydrogen-bond acceptors (Lipinski definition) is 14. The number of aromatic nitrogens is 4. The number of anilines is 1. The number of imidazole rings is 1. The number of nitrogen functional groups attached to an aromatic ring is 1. The van der Waals surface area contributed by atoms with E-state index in [4.69, 9.17) is 19.9 Å². The largest absolute Gasteiger partial charge is 0.459 e. The summed E-state index contributed by atoms with van der Waals surface area (Å²) in [5.41, 5.74) is 6.37. The number of amides is 2. The number of ether oxygens (including phenoxy) is 3. The van der Waals surface area contributed by atoms with Gasteiger partial charge in [-0.1, -0.05) is 6.42 Å². The third-order valence-corrected chi connectivity index (χ3v) is 10.4. The van der Waals surface area contributed by atoms with Crippen LogP contribution >= 0.6 is 11.8 Å². The summed E-state index contributed by atoms with van der Waals surface area (Å²) < 4.78 is 53.8. The van der Waals surface area contributed by atoms with Gasteiger partial charge in [0, 0.05) is 17.4 Å². The maximum absolute atomic E-state index is 13.2. The zero-order valence-corrected chi connectivity index (χ0v) is 25.7. The van der Waals surface area contributed by atoms with Gasteiger partial charge in [0.2, 0.25) is 0 Å². The fraction of sp³-hybridized carbons (Fsp3) is 0.481. The Balaban J connectivity index is 1.10. The maximum Gasteiger partial charge on any atom is 0.338 e. The fourth-order valence-electron chi connectivity index (χ4n) is 5.73. The minimum Gasteiger partial charge on any atom is -0.459 e. The number of hydrogen-bond donors (Lipinski definition) is 4. The number of carbonyl (C=O) groups is 3. The molecule has 246 valence electrons. The van der Waals surface area contributed by atoms with E-state index in [0.717, 1.165) is 42.9 Å². The molecular weight excluding hydrogens is 649 g/mol. The quantitative estimate of drug-likeness (QED) is 0.0953. The zero-order chi connectivity index (χ0) is 32.6. The molecule has 3 aliphatic rings. The van der Waals surface area contributed by atoms with Gasteiger partial charge in [-0.2, -0.15) is 20.2 Å². The van der Waals surface area contributed by atoms with E-state index >= 15 is 0 Å². The van der Waals surface area contributed by atoms with Crippen molar-refractivity contribution in [3.8, 4) is 0 Å². The Bertz CT molecular complexity index is 1740. The van der Waals surface area contributed by atoms with Crippen LogP contribution in [0.15, 0.2) is 41.8 Å². The number of halogens is 1. The number of rotatable bonds is 11. The van der Waals surface area contributed by atoms with Crippen molar-refractivity contribution in [3.63, 3.8) is 0 Å². The van der Waals surface area contributed by atoms with Crippen molar-refractivity contribution in [2.24, 2.45) is 0 Å². The summed E-state index contributed by atoms with van der Waals surface area (Å²) in [6, 6.07) is 4.03. The van der Waals surface area contributed by atoms with Gasteiger partial charge in [0.15, 0.2) is 23.8 Å². The number of carbonyl (C=O) groups excluding carboxylic acids is 3. The molecule has 0 bridgehead atoms. The Hall–Kier alpha value is -4.07. The SMILES string of the molecule is Nc1ncnc2c1ncn2[C@@H]1O[C@H](COC(=O)c2ccc(S(=O)(=O)F)cc2)[C@@H](O)[C@H]1OC(=O)CCCC[C@@H]1SC[C@@H]2NC(=O)N[C@@H]21. The summed E-state index contributed by atoms with van der Waals surface area (Å²) in [6.45, 7) is -0.468. The Kier molecular flexibility index (Phi) is 8.99. The van der Waals surface area contributed by atoms with Gasteiger partial charge in [0.25, 0.3) is 0 Å². The smallest absolute Gasteiger partial charge is 0.338 e. The Labute approximate surface area is 265 Å². The van der Waals surface area contributed by atoms with E-state index in [1.54, 1.807) is 11.8 Å². The maximum atomic E-state index is 13.2. The van der Waals surface area contributed by atoms with Gasteiger partial charge in [-0.15, -0.1) is 3.89 Å². The van der Waals surface area contributed by atoms with Gasteiger partial charge < -0.3 is 35.7 Å². The molecule has 2 aromatic heterocycles. The average molecular weight is 680 g/mol. The van der Waals surface area contributed by atoms with Gasteiger partial charge in [-0.05, 0) is 37.1 Å². The summed E-state index contributed by atoms with van der Waals surface area (Å²) in [5.74, 6) is -0.524. The normalized spacial score (nSPS) is 27.3. The summed E-state index contributed by atoms with van der Waals surface area (Å²) in [6.07, 6.45) is -0.283. The number of fused-ring (bicyclic) bond motifs is 2. The number of esters is 2. The summed E-state index contributed by atoms with van der Waals surface area (Å²) in [4.78, 5) is 48.9. The fourth-order valence-corrected chi connectivity index (χ4v) is 7.73. The lowest BCUT2D eigenvalue weighted by atomic mass is 10.0. The second kappa shape index (κ2) is 13.0. The topological polar surface area (TPSA) is 227 Å². The average Bonchev–Trinajstić information content (AvgIpc) is 3.78. The Morgan fingerprint density at radius 3 is 2.72 bits per heavy atom. The summed E-state index contributed by atoms with van der Waals surface area (Å²) in [5, 5.41) is 17.3. The Morgan fingerprint density at radius 1 is 1.17 bits per heavy atom. The van der Waals surface area contributed by atoms with Crippen molar-refractivity contribution in [1.29, 1.82) is 0 Å². The molecule has 2 amide bonds. The predicted molar refractivity (Wildman–Crippen MR) is 159 cm³/mol. The lowest BCUT2D eigenvalue weighted by Gasteiger charge is -2.22. The number of nitrogens with one attached hydrogen (secondary N) is 2. The lowest BCUT2D eigenvalue weighted by molar-refractivity contribution is -0.158. The van der Waals surface area contributed by atoms with E-state index in [1.807, 2.05) is 0 Å². The predicted octanol–water partition coefficient (Wildman–Crippen LogP) is 0.820. The summed E-state index contributed by atoms with van der Waals surface area (Å²) in [7, 11) is -4.94. The number of thioether (sulfide) groups is 1. The van der Waals surface area contributed by atoms with Crippen molar-refractivity contribution in [1.82, 2.24) is 30.2 Å². The molecule has 0 unspecified atom stereocenters. The van der Waals surface area contributed by atoms with Gasteiger partial charge in [-0.25, -0.2) is 24.5 Å². The van der Waals surface area contributed by atoms with Crippen LogP contribution in [0.1, 0.15) is 42.3 Å². The van der Waals surface area contributed by atoms with Crippen LogP contribution in [0.25, 0.3) is 11.2 Å². The van der Waals surface area contributed by atoms with Gasteiger partial charge in [-0.3, -0.25) is 9.36 Å². The highest BCUT2D eigenvalue weighted by Crippen LogP contribution is 2.36. The number of aliphatic hydroxyl groups excluding tert-OH is 1. The molecule has 19 heteroatoms. The van der Waals surface area contributed by atoms with Crippen LogP contribution in [0.3, 0.4) is 0 Å². The number of aliphatic hydroxyl groups is 1. The molecule has 5 heterocycles. The van der Waals surface area contributed by atoms with Crippen LogP contribution in [0, 0.1) is 0 Å². The van der Waals surface area contributed by atoms with Crippen LogP contribution < -0.4 is 16.4 Å². The molecule has 3 aliphatic heterocycles. The van der Waals surface area contributed by atoms with Crippen molar-refractivity contribution in [2.75, 3.05) is 18.1 Å². The van der Waals surface area contributed by atoms with Crippen molar-refractivity contribution in [2.45, 2.75) is 72.5 Å². The molecule has 16 nitrogen and oxygen atoms in total. The second-order valence-electron chi connectivity index (χ2n) is 11.0. The number of benzene rings is 1. The lowest BCUT2D eigenvalue weighted by Crippen LogP contribution is -2.37. The third kappa shape index (κ3) is 6.58. The van der Waals surface area contributed by atoms with Crippen LogP contribution in [-0.4, -0.2) is 99.0 Å². The van der Waals surface area contributed by atoms with E-state index in [-0.39, 0.29) is 52.3 Å². The van der Waals surface area contributed by atoms with Gasteiger partial charge in [0.05, 0.1) is 28.9 Å². The number of urea groups is 1. The molecule has 6 rings (SSSR count). The standard InChI is InChI=1S/C27H30FN7O9S2/c28-46(40,41)14-7-5-13(6-8-14)26(38)42-9-16-21(37)22(25(43-16)35-12-32-20-23(29)30-11-31-24(20)35)44-18(36)4-2-1-3-17-19-15(10-45-17)33-27(39)34-19/h5-8,11-12,15-17,19,21-22,25,37H,1-4,9-10H2,(H2,29,30,31)(H2,33,34,39)/t15-,16+,17-,19-,21+,22+,25+/m0/s1. The molecule has 46 heavy (non-hydrogen) atoms. The van der Waals surface area contributed by atoms with E-state index < -0.39 is 58.2 Å². The van der Waals surface area contributed by atoms with Crippen molar-refractivity contribution >= 4 is 56.9 Å². The molecule has 0 saturated carbocycles. The van der Waals surface area contributed by atoms with E-state index in [1.165, 1.54) is 17.2 Å². The zero-order valence-electron chi connectivity index (χ0n) is 24.0. The summed E-state index contributed by atoms with van der Waals surface area (Å²) >= 11 is 1.78. The molecule has 1 aromatic carbocycles. The number of nitrogens with two attached hydrogens (primary N) is 1. The number of nitrogens with zero attached hydrogens (tertiary/aromatic N) is 4. The highest BCUT2D eigenvalue weighted by atomic mass is 32.3. The number of unbranched alkanes of at least 4 members (excludes halogenated alkanes) is 1. The van der Waals surface area contributed by atoms with Crippen LogP contribution in [0.2, 0.25) is 0 Å². The van der Waals surface area contributed by atoms with E-state index in [2.05, 4.69) is 25.6 Å². The minimum absolute atomic E-state index is 0.0645. The first-order valence-electron chi connectivity index (χ1n) is 14.4. The van der Waals surface area contributed by atoms with Crippen molar-refractivity contribution in [3.05, 3.63) is 42.5 Å². The van der Waals surface area contributed by atoms with Crippen LogP contribution in [-0.2, 0) is 29.2 Å². The molecule has 7 atom stereocenters. The molecule has 0 radical (unpaired) electrons.